The number of aromatic nitrogens is 6. The van der Waals surface area contributed by atoms with Crippen molar-refractivity contribution < 1.29 is 9.32 Å². The van der Waals surface area contributed by atoms with Crippen LogP contribution in [0, 0.1) is 20.8 Å². The van der Waals surface area contributed by atoms with E-state index in [1.54, 1.807) is 17.7 Å². The van der Waals surface area contributed by atoms with Gasteiger partial charge in [-0.25, -0.2) is 9.36 Å². The van der Waals surface area contributed by atoms with Gasteiger partial charge in [-0.2, -0.15) is 5.10 Å². The lowest BCUT2D eigenvalue weighted by Gasteiger charge is -2.15. The van der Waals surface area contributed by atoms with Gasteiger partial charge in [0, 0.05) is 11.8 Å². The molecule has 0 aliphatic heterocycles. The highest BCUT2D eigenvalue weighted by molar-refractivity contribution is 8.00. The van der Waals surface area contributed by atoms with E-state index in [0.29, 0.717) is 22.7 Å². The Bertz CT molecular complexity index is 1180. The average molecular weight is 424 g/mol. The number of carbonyl (C=O) groups is 1. The molecule has 1 amide bonds. The van der Waals surface area contributed by atoms with Crippen molar-refractivity contribution in [3.63, 3.8) is 0 Å². The Hall–Kier alpha value is -3.60. The summed E-state index contributed by atoms with van der Waals surface area (Å²) in [7, 11) is 0. The number of hydrogen-bond donors (Lipinski definition) is 2. The van der Waals surface area contributed by atoms with Crippen LogP contribution in [-0.2, 0) is 4.79 Å². The monoisotopic (exact) mass is 424 g/mol. The Kier molecular flexibility index (Phi) is 5.27. The predicted octanol–water partition coefficient (Wildman–Crippen LogP) is 2.56. The molecule has 0 fully saturated rings. The van der Waals surface area contributed by atoms with Crippen molar-refractivity contribution in [1.29, 1.82) is 0 Å². The van der Waals surface area contributed by atoms with Crippen molar-refractivity contribution in [2.75, 3.05) is 11.2 Å². The summed E-state index contributed by atoms with van der Waals surface area (Å²) >= 11 is 1.18. The van der Waals surface area contributed by atoms with Gasteiger partial charge in [-0.1, -0.05) is 47.3 Å². The van der Waals surface area contributed by atoms with Crippen molar-refractivity contribution in [3.05, 3.63) is 65.2 Å². The maximum Gasteiger partial charge on any atom is 0.271 e. The second-order valence-corrected chi connectivity index (χ2v) is 7.78. The van der Waals surface area contributed by atoms with Gasteiger partial charge in [0.25, 0.3) is 5.95 Å². The number of nitrogens with one attached hydrogen (secondary N) is 1. The summed E-state index contributed by atoms with van der Waals surface area (Å²) in [5.41, 5.74) is 2.51. The van der Waals surface area contributed by atoms with Gasteiger partial charge in [-0.15, -0.1) is 10.2 Å². The Morgan fingerprint density at radius 2 is 1.93 bits per heavy atom. The molecule has 10 nitrogen and oxygen atoms in total. The van der Waals surface area contributed by atoms with Gasteiger partial charge >= 0.3 is 0 Å². The van der Waals surface area contributed by atoms with Gasteiger partial charge in [-0.3, -0.25) is 4.79 Å². The topological polar surface area (TPSA) is 130 Å². The maximum atomic E-state index is 13.0. The molecule has 1 aromatic carbocycles. The molecule has 0 bridgehead atoms. The largest absolute Gasteiger partial charge is 0.360 e. The Morgan fingerprint density at radius 1 is 1.17 bits per heavy atom. The summed E-state index contributed by atoms with van der Waals surface area (Å²) in [6, 6.07) is 12.9. The molecule has 11 heteroatoms. The van der Waals surface area contributed by atoms with Crippen LogP contribution in [-0.4, -0.2) is 35.7 Å². The van der Waals surface area contributed by atoms with Crippen LogP contribution in [0.2, 0.25) is 0 Å². The molecule has 3 N–H and O–H groups in total. The number of thioether (sulfide) groups is 1. The number of nitrogens with zero attached hydrogens (tertiary/aromatic N) is 6. The molecule has 30 heavy (non-hydrogen) atoms. The van der Waals surface area contributed by atoms with E-state index in [0.717, 1.165) is 17.0 Å². The number of benzene rings is 1. The molecule has 3 heterocycles. The number of aryl methyl sites for hydroxylation is 3. The Labute approximate surface area is 176 Å². The highest BCUT2D eigenvalue weighted by Crippen LogP contribution is 2.35. The van der Waals surface area contributed by atoms with Crippen molar-refractivity contribution in [2.45, 2.75) is 31.2 Å². The highest BCUT2D eigenvalue weighted by Gasteiger charge is 2.26. The van der Waals surface area contributed by atoms with Crippen LogP contribution < -0.4 is 11.2 Å². The first-order valence-corrected chi connectivity index (χ1v) is 10.0. The zero-order valence-electron chi connectivity index (χ0n) is 16.6. The SMILES string of the molecule is Cc1cc(C)n(-c2nnc(SC(C(=O)Nc3cc(C)on3)c3ccccc3)n2N)n1. The normalized spacial score (nSPS) is 12.1. The summed E-state index contributed by atoms with van der Waals surface area (Å²) in [5.74, 6) is 7.27. The maximum absolute atomic E-state index is 13.0. The molecule has 0 saturated heterocycles. The average Bonchev–Trinajstić information content (AvgIpc) is 3.39. The predicted molar refractivity (Wildman–Crippen MR) is 112 cm³/mol. The van der Waals surface area contributed by atoms with E-state index >= 15 is 0 Å². The number of rotatable bonds is 6. The third-order valence-electron chi connectivity index (χ3n) is 4.29. The first kappa shape index (κ1) is 19.7. The van der Waals surface area contributed by atoms with E-state index in [2.05, 4.69) is 25.8 Å². The lowest BCUT2D eigenvalue weighted by Crippen LogP contribution is -2.21. The molecular weight excluding hydrogens is 404 g/mol. The number of hydrogen-bond acceptors (Lipinski definition) is 8. The lowest BCUT2D eigenvalue weighted by molar-refractivity contribution is -0.115. The van der Waals surface area contributed by atoms with Crippen molar-refractivity contribution in [2.24, 2.45) is 0 Å². The van der Waals surface area contributed by atoms with Crippen LogP contribution in [0.5, 0.6) is 0 Å². The summed E-state index contributed by atoms with van der Waals surface area (Å²) in [6.45, 7) is 5.54. The molecule has 0 radical (unpaired) electrons. The second kappa shape index (κ2) is 8.03. The number of nitrogens with two attached hydrogens (primary N) is 1. The molecular formula is C19H20N8O2S. The first-order valence-electron chi connectivity index (χ1n) is 9.12. The number of carbonyl (C=O) groups excluding carboxylic acids is 1. The molecule has 1 unspecified atom stereocenters. The first-order chi connectivity index (χ1) is 14.4. The molecule has 1 atom stereocenters. The summed E-state index contributed by atoms with van der Waals surface area (Å²) in [6.07, 6.45) is 0. The lowest BCUT2D eigenvalue weighted by atomic mass is 10.1. The molecule has 154 valence electrons. The minimum Gasteiger partial charge on any atom is -0.360 e. The summed E-state index contributed by atoms with van der Waals surface area (Å²) < 4.78 is 7.97. The quantitative estimate of drug-likeness (QED) is 0.357. The van der Waals surface area contributed by atoms with E-state index in [1.807, 2.05) is 50.2 Å². The molecule has 0 aliphatic carbocycles. The zero-order chi connectivity index (χ0) is 21.3. The third-order valence-corrected chi connectivity index (χ3v) is 5.50. The molecule has 0 spiro atoms. The minimum absolute atomic E-state index is 0.282. The number of anilines is 1. The number of nitrogen functional groups attached to an aromatic ring is 1. The standard InChI is InChI=1S/C19H20N8O2S/c1-11-9-12(2)27(24-11)18-22-23-19(26(18)20)30-16(14-7-5-4-6-8-14)17(28)21-15-10-13(3)29-25-15/h4-10,16H,20H2,1-3H3,(H,21,25,28). The van der Waals surface area contributed by atoms with E-state index in [1.165, 1.54) is 16.4 Å². The Balaban J connectivity index is 1.64. The van der Waals surface area contributed by atoms with Crippen LogP contribution >= 0.6 is 11.8 Å². The van der Waals surface area contributed by atoms with Crippen molar-refractivity contribution >= 4 is 23.5 Å². The van der Waals surface area contributed by atoms with Gasteiger partial charge in [0.2, 0.25) is 11.1 Å². The zero-order valence-corrected chi connectivity index (χ0v) is 17.4. The number of amides is 1. The van der Waals surface area contributed by atoms with Crippen LogP contribution in [0.4, 0.5) is 5.82 Å². The summed E-state index contributed by atoms with van der Waals surface area (Å²) in [5, 5.41) is 19.1. The summed E-state index contributed by atoms with van der Waals surface area (Å²) in [4.78, 5) is 13.0. The van der Waals surface area contributed by atoms with Gasteiger partial charge in [0.1, 0.15) is 11.0 Å². The van der Waals surface area contributed by atoms with E-state index in [-0.39, 0.29) is 5.91 Å². The van der Waals surface area contributed by atoms with Gasteiger partial charge in [-0.05, 0) is 32.4 Å². The highest BCUT2D eigenvalue weighted by atomic mass is 32.2. The van der Waals surface area contributed by atoms with Crippen LogP contribution in [0.3, 0.4) is 0 Å². The van der Waals surface area contributed by atoms with E-state index in [9.17, 15) is 4.79 Å². The minimum atomic E-state index is -0.636. The van der Waals surface area contributed by atoms with E-state index < -0.39 is 5.25 Å². The molecule has 3 aromatic heterocycles. The fraction of sp³-hybridized carbons (Fsp3) is 0.211. The van der Waals surface area contributed by atoms with E-state index in [4.69, 9.17) is 10.4 Å². The van der Waals surface area contributed by atoms with Gasteiger partial charge in [0.05, 0.1) is 5.69 Å². The fourth-order valence-electron chi connectivity index (χ4n) is 2.95. The third kappa shape index (κ3) is 3.92. The fourth-order valence-corrected chi connectivity index (χ4v) is 3.90. The smallest absolute Gasteiger partial charge is 0.271 e. The van der Waals surface area contributed by atoms with Crippen molar-refractivity contribution in [1.82, 2.24) is 29.8 Å². The molecule has 0 aliphatic rings. The van der Waals surface area contributed by atoms with Crippen LogP contribution in [0.25, 0.3) is 5.95 Å². The molecule has 0 saturated carbocycles. The molecule has 4 rings (SSSR count). The molecule has 4 aromatic rings. The Morgan fingerprint density at radius 3 is 2.57 bits per heavy atom. The second-order valence-electron chi connectivity index (χ2n) is 6.71. The van der Waals surface area contributed by atoms with Gasteiger partial charge < -0.3 is 15.7 Å². The van der Waals surface area contributed by atoms with Crippen molar-refractivity contribution in [3.8, 4) is 5.95 Å². The van der Waals surface area contributed by atoms with Gasteiger partial charge in [0.15, 0.2) is 5.82 Å². The van der Waals surface area contributed by atoms with Crippen LogP contribution in [0.1, 0.15) is 28.0 Å². The van der Waals surface area contributed by atoms with Crippen LogP contribution in [0.15, 0.2) is 52.1 Å².